The number of ketones is 1. The van der Waals surface area contributed by atoms with Gasteiger partial charge in [-0.25, -0.2) is 0 Å². The molecule has 2 rings (SSSR count). The van der Waals surface area contributed by atoms with Gasteiger partial charge in [-0.3, -0.25) is 9.48 Å². The number of aryl methyl sites for hydroxylation is 1. The fourth-order valence-electron chi connectivity index (χ4n) is 2.08. The second kappa shape index (κ2) is 6.87. The number of likely N-dealkylation sites (N-methyl/N-ethyl adjacent to an activating group) is 1. The Labute approximate surface area is 130 Å². The molecule has 0 aliphatic carbocycles. The van der Waals surface area contributed by atoms with Gasteiger partial charge in [0.1, 0.15) is 5.69 Å². The van der Waals surface area contributed by atoms with E-state index in [9.17, 15) is 4.79 Å². The lowest BCUT2D eigenvalue weighted by Crippen LogP contribution is -2.21. The van der Waals surface area contributed by atoms with Gasteiger partial charge < -0.3 is 4.90 Å². The van der Waals surface area contributed by atoms with Crippen molar-refractivity contribution in [3.63, 3.8) is 0 Å². The third-order valence-corrected chi connectivity index (χ3v) is 3.67. The van der Waals surface area contributed by atoms with Gasteiger partial charge in [0, 0.05) is 12.1 Å². The van der Waals surface area contributed by atoms with Crippen molar-refractivity contribution in [3.8, 4) is 0 Å². The molecule has 0 N–H and O–H groups in total. The molecule has 1 aromatic heterocycles. The predicted octanol–water partition coefficient (Wildman–Crippen LogP) is 2.89. The van der Waals surface area contributed by atoms with Crippen molar-refractivity contribution in [2.75, 3.05) is 20.6 Å². The number of rotatable bonds is 6. The Morgan fingerprint density at radius 3 is 2.52 bits per heavy atom. The molecule has 1 aromatic carbocycles. The first-order valence-electron chi connectivity index (χ1n) is 7.02. The second-order valence-corrected chi connectivity index (χ2v) is 5.65. The van der Waals surface area contributed by atoms with Crippen LogP contribution in [-0.2, 0) is 13.0 Å². The molecule has 4 nitrogen and oxygen atoms in total. The molecule has 21 heavy (non-hydrogen) atoms. The van der Waals surface area contributed by atoms with Crippen molar-refractivity contribution in [1.29, 1.82) is 0 Å². The lowest BCUT2D eigenvalue weighted by molar-refractivity contribution is 0.102. The molecule has 0 unspecified atom stereocenters. The highest BCUT2D eigenvalue weighted by molar-refractivity contribution is 6.34. The van der Waals surface area contributed by atoms with Crippen LogP contribution in [0.15, 0.2) is 30.5 Å². The topological polar surface area (TPSA) is 38.1 Å². The molecule has 1 heterocycles. The van der Waals surface area contributed by atoms with E-state index in [1.165, 1.54) is 11.8 Å². The number of carbonyl (C=O) groups excluding carboxylic acids is 1. The standard InChI is InChI=1S/C16H20ClN3O/c1-4-12-5-7-13(8-6-12)16(21)15-14(17)11-18-20(15)10-9-19(2)3/h5-8,11H,4,9-10H2,1-3H3. The van der Waals surface area contributed by atoms with Crippen LogP contribution < -0.4 is 0 Å². The summed E-state index contributed by atoms with van der Waals surface area (Å²) in [6.07, 6.45) is 2.49. The highest BCUT2D eigenvalue weighted by atomic mass is 35.5. The average molecular weight is 306 g/mol. The van der Waals surface area contributed by atoms with E-state index in [0.717, 1.165) is 13.0 Å². The fourth-order valence-corrected chi connectivity index (χ4v) is 2.31. The van der Waals surface area contributed by atoms with E-state index in [1.54, 1.807) is 4.68 Å². The number of benzene rings is 1. The van der Waals surface area contributed by atoms with Crippen molar-refractivity contribution in [2.24, 2.45) is 0 Å². The van der Waals surface area contributed by atoms with E-state index in [-0.39, 0.29) is 5.78 Å². The molecule has 0 aliphatic rings. The highest BCUT2D eigenvalue weighted by Crippen LogP contribution is 2.19. The van der Waals surface area contributed by atoms with E-state index in [1.807, 2.05) is 43.3 Å². The van der Waals surface area contributed by atoms with E-state index < -0.39 is 0 Å². The molecular weight excluding hydrogens is 286 g/mol. The molecule has 112 valence electrons. The number of hydrogen-bond acceptors (Lipinski definition) is 3. The van der Waals surface area contributed by atoms with Crippen LogP contribution >= 0.6 is 11.6 Å². The zero-order chi connectivity index (χ0) is 15.4. The molecule has 0 spiro atoms. The van der Waals surface area contributed by atoms with Crippen LogP contribution in [-0.4, -0.2) is 41.1 Å². The Bertz CT molecular complexity index is 617. The van der Waals surface area contributed by atoms with Gasteiger partial charge in [-0.05, 0) is 26.1 Å². The molecule has 0 atom stereocenters. The third-order valence-electron chi connectivity index (χ3n) is 3.39. The summed E-state index contributed by atoms with van der Waals surface area (Å²) in [6, 6.07) is 7.64. The smallest absolute Gasteiger partial charge is 0.212 e. The van der Waals surface area contributed by atoms with E-state index in [4.69, 9.17) is 11.6 Å². The molecular formula is C16H20ClN3O. The van der Waals surface area contributed by atoms with Gasteiger partial charge >= 0.3 is 0 Å². The quantitative estimate of drug-likeness (QED) is 0.770. The first-order valence-corrected chi connectivity index (χ1v) is 7.40. The molecule has 0 bridgehead atoms. The molecule has 5 heteroatoms. The molecule has 0 amide bonds. The Hall–Kier alpha value is -1.65. The summed E-state index contributed by atoms with van der Waals surface area (Å²) in [5.74, 6) is -0.0843. The van der Waals surface area contributed by atoms with Crippen LogP contribution in [0.1, 0.15) is 28.5 Å². The van der Waals surface area contributed by atoms with Crippen molar-refractivity contribution >= 4 is 17.4 Å². The first kappa shape index (κ1) is 15.7. The summed E-state index contributed by atoms with van der Waals surface area (Å²) in [6.45, 7) is 3.52. The fraction of sp³-hybridized carbons (Fsp3) is 0.375. The van der Waals surface area contributed by atoms with Gasteiger partial charge in [0.05, 0.1) is 17.8 Å². The molecule has 0 saturated carbocycles. The largest absolute Gasteiger partial charge is 0.308 e. The lowest BCUT2D eigenvalue weighted by Gasteiger charge is -2.12. The Balaban J connectivity index is 2.27. The number of carbonyl (C=O) groups is 1. The molecule has 0 fully saturated rings. The molecule has 0 aliphatic heterocycles. The maximum Gasteiger partial charge on any atom is 0.212 e. The van der Waals surface area contributed by atoms with Crippen LogP contribution in [0.4, 0.5) is 0 Å². The third kappa shape index (κ3) is 3.71. The van der Waals surface area contributed by atoms with Gasteiger partial charge in [-0.1, -0.05) is 42.8 Å². The maximum atomic E-state index is 12.6. The van der Waals surface area contributed by atoms with Gasteiger partial charge in [-0.15, -0.1) is 0 Å². The Morgan fingerprint density at radius 1 is 1.29 bits per heavy atom. The number of nitrogens with zero attached hydrogens (tertiary/aromatic N) is 3. The minimum Gasteiger partial charge on any atom is -0.308 e. The summed E-state index contributed by atoms with van der Waals surface area (Å²) < 4.78 is 1.68. The van der Waals surface area contributed by atoms with Crippen LogP contribution in [0.2, 0.25) is 5.02 Å². The van der Waals surface area contributed by atoms with E-state index >= 15 is 0 Å². The van der Waals surface area contributed by atoms with Crippen molar-refractivity contribution in [1.82, 2.24) is 14.7 Å². The molecule has 2 aromatic rings. The first-order chi connectivity index (χ1) is 10.0. The van der Waals surface area contributed by atoms with Gasteiger partial charge in [0.2, 0.25) is 5.78 Å². The average Bonchev–Trinajstić information content (AvgIpc) is 2.85. The zero-order valence-corrected chi connectivity index (χ0v) is 13.4. The van der Waals surface area contributed by atoms with Crippen molar-refractivity contribution in [2.45, 2.75) is 19.9 Å². The highest BCUT2D eigenvalue weighted by Gasteiger charge is 2.19. The summed E-state index contributed by atoms with van der Waals surface area (Å²) >= 11 is 6.15. The number of halogens is 1. The van der Waals surface area contributed by atoms with Gasteiger partial charge in [0.15, 0.2) is 0 Å². The summed E-state index contributed by atoms with van der Waals surface area (Å²) in [7, 11) is 3.96. The zero-order valence-electron chi connectivity index (χ0n) is 12.6. The maximum absolute atomic E-state index is 12.6. The van der Waals surface area contributed by atoms with Crippen molar-refractivity contribution < 1.29 is 4.79 Å². The van der Waals surface area contributed by atoms with Crippen molar-refractivity contribution in [3.05, 3.63) is 52.3 Å². The minimum absolute atomic E-state index is 0.0843. The van der Waals surface area contributed by atoms with Crippen LogP contribution in [0, 0.1) is 0 Å². The van der Waals surface area contributed by atoms with Crippen LogP contribution in [0.25, 0.3) is 0 Å². The van der Waals surface area contributed by atoms with Gasteiger partial charge in [-0.2, -0.15) is 5.10 Å². The van der Waals surface area contributed by atoms with Gasteiger partial charge in [0.25, 0.3) is 0 Å². The summed E-state index contributed by atoms with van der Waals surface area (Å²) in [4.78, 5) is 14.7. The summed E-state index contributed by atoms with van der Waals surface area (Å²) in [5, 5.41) is 4.61. The van der Waals surface area contributed by atoms with Crippen LogP contribution in [0.3, 0.4) is 0 Å². The van der Waals surface area contributed by atoms with Crippen LogP contribution in [0.5, 0.6) is 0 Å². The Morgan fingerprint density at radius 2 is 1.95 bits per heavy atom. The van der Waals surface area contributed by atoms with E-state index in [0.29, 0.717) is 22.8 Å². The SMILES string of the molecule is CCc1ccc(C(=O)c2c(Cl)cnn2CCN(C)C)cc1. The van der Waals surface area contributed by atoms with E-state index in [2.05, 4.69) is 12.0 Å². The second-order valence-electron chi connectivity index (χ2n) is 5.25. The number of hydrogen-bond donors (Lipinski definition) is 0. The minimum atomic E-state index is -0.0843. The molecule has 0 radical (unpaired) electrons. The normalized spacial score (nSPS) is 11.1. The monoisotopic (exact) mass is 305 g/mol. The summed E-state index contributed by atoms with van der Waals surface area (Å²) in [5.41, 5.74) is 2.31. The molecule has 0 saturated heterocycles. The Kier molecular flexibility index (Phi) is 5.15. The number of aromatic nitrogens is 2. The lowest BCUT2D eigenvalue weighted by atomic mass is 10.0. The predicted molar refractivity (Wildman–Crippen MR) is 85.0 cm³/mol.